The van der Waals surface area contributed by atoms with Crippen molar-refractivity contribution >= 4 is 43.8 Å². The van der Waals surface area contributed by atoms with Crippen molar-refractivity contribution in [3.8, 4) is 22.1 Å². The number of sulfone groups is 1. The second kappa shape index (κ2) is 8.54. The summed E-state index contributed by atoms with van der Waals surface area (Å²) in [6, 6.07) is 4.47. The van der Waals surface area contributed by atoms with Gasteiger partial charge in [-0.3, -0.25) is 15.1 Å². The number of nitrogens with one attached hydrogen (secondary N) is 1. The number of aromatic nitrogens is 3. The molecule has 0 fully saturated rings. The van der Waals surface area contributed by atoms with Gasteiger partial charge < -0.3 is 9.47 Å². The van der Waals surface area contributed by atoms with Crippen molar-refractivity contribution in [2.45, 2.75) is 11.8 Å². The van der Waals surface area contributed by atoms with Gasteiger partial charge in [0.2, 0.25) is 5.13 Å². The van der Waals surface area contributed by atoms with Gasteiger partial charge >= 0.3 is 0 Å². The first-order valence-corrected chi connectivity index (χ1v) is 11.5. The predicted molar refractivity (Wildman–Crippen MR) is 113 cm³/mol. The summed E-state index contributed by atoms with van der Waals surface area (Å²) in [7, 11) is -0.718. The van der Waals surface area contributed by atoms with Crippen LogP contribution in [0.15, 0.2) is 29.3 Å². The zero-order chi connectivity index (χ0) is 22.1. The third-order valence-electron chi connectivity index (χ3n) is 4.03. The lowest BCUT2D eigenvalue weighted by Crippen LogP contribution is -2.14. The SMILES string of the molecule is COc1nnc(NC(=O)c2cnc(C)cc2-c2cc(Cl)c(S(C)(=O)=O)cc2OC)s1. The zero-order valence-electron chi connectivity index (χ0n) is 16.4. The van der Waals surface area contributed by atoms with Crippen molar-refractivity contribution in [3.63, 3.8) is 0 Å². The molecule has 0 spiro atoms. The molecule has 0 aliphatic carbocycles. The Morgan fingerprint density at radius 3 is 2.47 bits per heavy atom. The smallest absolute Gasteiger partial charge is 0.295 e. The van der Waals surface area contributed by atoms with E-state index in [4.69, 9.17) is 21.1 Å². The number of hydrogen-bond donors (Lipinski definition) is 1. The van der Waals surface area contributed by atoms with Crippen LogP contribution in [-0.2, 0) is 9.84 Å². The van der Waals surface area contributed by atoms with Gasteiger partial charge in [0.15, 0.2) is 9.84 Å². The van der Waals surface area contributed by atoms with Crippen molar-refractivity contribution in [1.29, 1.82) is 0 Å². The summed E-state index contributed by atoms with van der Waals surface area (Å²) in [5, 5.41) is 10.8. The number of anilines is 1. The molecule has 0 saturated carbocycles. The molecule has 0 saturated heterocycles. The van der Waals surface area contributed by atoms with Gasteiger partial charge in [-0.15, -0.1) is 5.10 Å². The lowest BCUT2D eigenvalue weighted by molar-refractivity contribution is 0.102. The van der Waals surface area contributed by atoms with Crippen LogP contribution in [-0.4, -0.2) is 50.0 Å². The molecule has 0 aliphatic rings. The number of carbonyl (C=O) groups excluding carboxylic acids is 1. The Hall–Kier alpha value is -2.76. The molecule has 9 nitrogen and oxygen atoms in total. The first-order valence-electron chi connectivity index (χ1n) is 8.37. The normalized spacial score (nSPS) is 11.2. The van der Waals surface area contributed by atoms with Crippen LogP contribution in [0, 0.1) is 6.92 Å². The lowest BCUT2D eigenvalue weighted by atomic mass is 9.99. The second-order valence-corrected chi connectivity index (χ2v) is 9.49. The van der Waals surface area contributed by atoms with Crippen LogP contribution in [0.4, 0.5) is 5.13 Å². The zero-order valence-corrected chi connectivity index (χ0v) is 18.8. The molecule has 30 heavy (non-hydrogen) atoms. The molecule has 1 aromatic carbocycles. The maximum atomic E-state index is 12.9. The summed E-state index contributed by atoms with van der Waals surface area (Å²) >= 11 is 7.30. The Labute approximate surface area is 182 Å². The summed E-state index contributed by atoms with van der Waals surface area (Å²) in [5.74, 6) is -0.237. The fourth-order valence-corrected chi connectivity index (χ4v) is 4.54. The molecule has 0 unspecified atom stereocenters. The molecule has 3 rings (SSSR count). The van der Waals surface area contributed by atoms with E-state index in [0.29, 0.717) is 22.0 Å². The highest BCUT2D eigenvalue weighted by molar-refractivity contribution is 7.90. The van der Waals surface area contributed by atoms with Crippen molar-refractivity contribution in [2.75, 3.05) is 25.8 Å². The number of hydrogen-bond acceptors (Lipinski definition) is 9. The highest BCUT2D eigenvalue weighted by Gasteiger charge is 2.22. The van der Waals surface area contributed by atoms with Crippen molar-refractivity contribution in [3.05, 3.63) is 40.7 Å². The first kappa shape index (κ1) is 21.9. The molecule has 3 aromatic rings. The number of aryl methyl sites for hydroxylation is 1. The quantitative estimate of drug-likeness (QED) is 0.585. The van der Waals surface area contributed by atoms with E-state index in [1.165, 1.54) is 32.5 Å². The molecular formula is C18H17ClN4O5S2. The predicted octanol–water partition coefficient (Wildman–Crippen LogP) is 3.23. The number of amides is 1. The molecule has 0 aliphatic heterocycles. The van der Waals surface area contributed by atoms with Gasteiger partial charge in [-0.2, -0.15) is 0 Å². The Morgan fingerprint density at radius 2 is 1.87 bits per heavy atom. The molecular weight excluding hydrogens is 452 g/mol. The molecule has 12 heteroatoms. The van der Waals surface area contributed by atoms with Crippen LogP contribution in [0.3, 0.4) is 0 Å². The minimum absolute atomic E-state index is 0.0167. The molecule has 0 bridgehead atoms. The van der Waals surface area contributed by atoms with E-state index in [0.717, 1.165) is 17.6 Å². The molecule has 0 radical (unpaired) electrons. The highest BCUT2D eigenvalue weighted by atomic mass is 35.5. The number of carbonyl (C=O) groups is 1. The maximum absolute atomic E-state index is 12.9. The Morgan fingerprint density at radius 1 is 1.13 bits per heavy atom. The van der Waals surface area contributed by atoms with Gasteiger partial charge in [0.1, 0.15) is 5.75 Å². The van der Waals surface area contributed by atoms with Crippen LogP contribution in [0.1, 0.15) is 16.1 Å². The van der Waals surface area contributed by atoms with E-state index in [-0.39, 0.29) is 26.4 Å². The van der Waals surface area contributed by atoms with E-state index < -0.39 is 15.7 Å². The van der Waals surface area contributed by atoms with Crippen molar-refractivity contribution < 1.29 is 22.7 Å². The maximum Gasteiger partial charge on any atom is 0.295 e. The fraction of sp³-hybridized carbons (Fsp3) is 0.222. The fourth-order valence-electron chi connectivity index (χ4n) is 2.67. The molecule has 1 amide bonds. The number of benzene rings is 1. The van der Waals surface area contributed by atoms with Gasteiger partial charge in [0, 0.05) is 35.3 Å². The lowest BCUT2D eigenvalue weighted by Gasteiger charge is -2.15. The number of pyridine rings is 1. The topological polar surface area (TPSA) is 120 Å². The summed E-state index contributed by atoms with van der Waals surface area (Å²) in [6.07, 6.45) is 2.47. The van der Waals surface area contributed by atoms with Crippen molar-refractivity contribution in [2.24, 2.45) is 0 Å². The van der Waals surface area contributed by atoms with Gasteiger partial charge in [-0.1, -0.05) is 16.7 Å². The summed E-state index contributed by atoms with van der Waals surface area (Å²) < 4.78 is 34.3. The largest absolute Gasteiger partial charge is 0.496 e. The first-order chi connectivity index (χ1) is 14.1. The number of nitrogens with zero attached hydrogens (tertiary/aromatic N) is 3. The van der Waals surface area contributed by atoms with Crippen LogP contribution in [0.25, 0.3) is 11.1 Å². The third-order valence-corrected chi connectivity index (χ3v) is 6.39. The van der Waals surface area contributed by atoms with Gasteiger partial charge in [0.05, 0.1) is 29.7 Å². The standard InChI is InChI=1S/C18H17ClN4O5S2/c1-9-5-10(11-6-13(19)15(30(4,25)26)7-14(11)27-2)12(8-20-9)16(24)21-17-22-23-18(28-3)29-17/h5-8H,1-4H3,(H,21,22,24). The van der Waals surface area contributed by atoms with E-state index in [2.05, 4.69) is 20.5 Å². The number of methoxy groups -OCH3 is 2. The van der Waals surface area contributed by atoms with E-state index >= 15 is 0 Å². The summed E-state index contributed by atoms with van der Waals surface area (Å²) in [5.41, 5.74) is 1.77. The van der Waals surface area contributed by atoms with Gasteiger partial charge in [0.25, 0.3) is 11.1 Å². The monoisotopic (exact) mass is 468 g/mol. The van der Waals surface area contributed by atoms with Crippen LogP contribution in [0.2, 0.25) is 5.02 Å². The Kier molecular flexibility index (Phi) is 6.25. The minimum Gasteiger partial charge on any atom is -0.496 e. The van der Waals surface area contributed by atoms with Crippen LogP contribution in [0.5, 0.6) is 10.9 Å². The number of ether oxygens (including phenoxy) is 2. The molecule has 0 atom stereocenters. The Balaban J connectivity index is 2.11. The van der Waals surface area contributed by atoms with E-state index in [1.54, 1.807) is 13.0 Å². The Bertz CT molecular complexity index is 1230. The third kappa shape index (κ3) is 4.53. The van der Waals surface area contributed by atoms with Gasteiger partial charge in [-0.05, 0) is 30.4 Å². The average Bonchev–Trinajstić information content (AvgIpc) is 3.14. The summed E-state index contributed by atoms with van der Waals surface area (Å²) in [4.78, 5) is 17.0. The second-order valence-electron chi connectivity index (χ2n) is 6.16. The highest BCUT2D eigenvalue weighted by Crippen LogP contribution is 2.38. The molecule has 1 N–H and O–H groups in total. The van der Waals surface area contributed by atoms with Crippen LogP contribution < -0.4 is 14.8 Å². The number of halogens is 1. The molecule has 158 valence electrons. The average molecular weight is 469 g/mol. The van der Waals surface area contributed by atoms with Crippen LogP contribution >= 0.6 is 22.9 Å². The number of rotatable bonds is 6. The van der Waals surface area contributed by atoms with Gasteiger partial charge in [-0.25, -0.2) is 8.42 Å². The summed E-state index contributed by atoms with van der Waals surface area (Å²) in [6.45, 7) is 1.76. The molecule has 2 aromatic heterocycles. The van der Waals surface area contributed by atoms with Crippen molar-refractivity contribution in [1.82, 2.24) is 15.2 Å². The minimum atomic E-state index is -3.57. The van der Waals surface area contributed by atoms with E-state index in [9.17, 15) is 13.2 Å². The molecule has 2 heterocycles. The van der Waals surface area contributed by atoms with E-state index in [1.807, 2.05) is 0 Å².